The normalized spacial score (nSPS) is 11.3. The highest BCUT2D eigenvalue weighted by atomic mass is 15.0. The van der Waals surface area contributed by atoms with Crippen LogP contribution in [0.1, 0.15) is 11.1 Å². The van der Waals surface area contributed by atoms with Crippen molar-refractivity contribution in [2.24, 2.45) is 0 Å². The van der Waals surface area contributed by atoms with Crippen LogP contribution in [0.4, 0.5) is 0 Å². The third-order valence-electron chi connectivity index (χ3n) is 8.18. The van der Waals surface area contributed by atoms with Crippen molar-refractivity contribution in [3.63, 3.8) is 0 Å². The van der Waals surface area contributed by atoms with Gasteiger partial charge < -0.3 is 9.13 Å². The number of rotatable bonds is 3. The number of nitrogens with zero attached hydrogens (tertiary/aromatic N) is 4. The highest BCUT2D eigenvalue weighted by Gasteiger charge is 2.19. The van der Waals surface area contributed by atoms with Crippen LogP contribution in [-0.2, 0) is 0 Å². The highest BCUT2D eigenvalue weighted by Crippen LogP contribution is 2.41. The first-order valence-corrected chi connectivity index (χ1v) is 13.8. The second-order valence-corrected chi connectivity index (χ2v) is 10.4. The number of benzene rings is 6. The lowest BCUT2D eigenvalue weighted by atomic mass is 9.98. The van der Waals surface area contributed by atoms with E-state index in [9.17, 15) is 10.5 Å². The Bertz CT molecular complexity index is 2430. The maximum Gasteiger partial charge on any atom is 0.101 e. The summed E-state index contributed by atoms with van der Waals surface area (Å²) in [5.41, 5.74) is 9.42. The topological polar surface area (TPSA) is 57.4 Å². The van der Waals surface area contributed by atoms with Crippen molar-refractivity contribution in [2.45, 2.75) is 0 Å². The molecule has 4 heteroatoms. The zero-order valence-corrected chi connectivity index (χ0v) is 22.5. The van der Waals surface area contributed by atoms with Gasteiger partial charge in [0.1, 0.15) is 6.07 Å². The predicted octanol–water partition coefficient (Wildman–Crippen LogP) is 9.29. The first-order chi connectivity index (χ1) is 20.8. The van der Waals surface area contributed by atoms with E-state index >= 15 is 0 Å². The minimum Gasteiger partial charge on any atom is -0.309 e. The first-order valence-electron chi connectivity index (χ1n) is 13.8. The van der Waals surface area contributed by atoms with Crippen molar-refractivity contribution in [3.8, 4) is 34.6 Å². The van der Waals surface area contributed by atoms with Gasteiger partial charge in [-0.1, -0.05) is 78.9 Å². The molecule has 6 aromatic carbocycles. The quantitative estimate of drug-likeness (QED) is 0.227. The second-order valence-electron chi connectivity index (χ2n) is 10.4. The van der Waals surface area contributed by atoms with E-state index in [-0.39, 0.29) is 0 Å². The zero-order valence-electron chi connectivity index (χ0n) is 22.5. The number of hydrogen-bond acceptors (Lipinski definition) is 2. The third-order valence-corrected chi connectivity index (χ3v) is 8.18. The molecule has 0 amide bonds. The molecule has 0 aliphatic carbocycles. The summed E-state index contributed by atoms with van der Waals surface area (Å²) in [6.45, 7) is 0. The van der Waals surface area contributed by atoms with Crippen LogP contribution in [0.15, 0.2) is 133 Å². The molecule has 0 radical (unpaired) electrons. The van der Waals surface area contributed by atoms with E-state index in [1.54, 1.807) is 12.1 Å². The molecule has 0 aliphatic rings. The molecule has 8 rings (SSSR count). The van der Waals surface area contributed by atoms with Crippen LogP contribution < -0.4 is 0 Å². The molecule has 194 valence electrons. The molecule has 2 aromatic heterocycles. The van der Waals surface area contributed by atoms with Gasteiger partial charge in [-0.05, 0) is 65.7 Å². The Hall–Kier alpha value is -6.10. The molecule has 0 fully saturated rings. The molecule has 0 saturated carbocycles. The van der Waals surface area contributed by atoms with E-state index in [4.69, 9.17) is 0 Å². The molecule has 0 spiro atoms. The van der Waals surface area contributed by atoms with E-state index in [1.165, 1.54) is 10.8 Å². The maximum absolute atomic E-state index is 10.1. The minimum atomic E-state index is 0.468. The standard InChI is InChI=1S/C38H22N4/c39-23-25-17-20-33(27(21-25)24-40)42-34-14-6-4-11-30(34)31-19-18-26(22-37(31)42)29-13-8-16-36-38(29)32-12-5-7-15-35(32)41(36)28-9-2-1-3-10-28/h1-22H. The Morgan fingerprint density at radius 1 is 0.476 bits per heavy atom. The van der Waals surface area contributed by atoms with Crippen molar-refractivity contribution in [1.29, 1.82) is 10.5 Å². The summed E-state index contributed by atoms with van der Waals surface area (Å²) in [4.78, 5) is 0. The molecule has 4 nitrogen and oxygen atoms in total. The lowest BCUT2D eigenvalue weighted by molar-refractivity contribution is 1.16. The SMILES string of the molecule is N#Cc1ccc(-n2c3ccccc3c3ccc(-c4cccc5c4c4ccccc4n5-c4ccccc4)cc32)c(C#N)c1. The monoisotopic (exact) mass is 534 g/mol. The fourth-order valence-electron chi connectivity index (χ4n) is 6.40. The van der Waals surface area contributed by atoms with E-state index < -0.39 is 0 Å². The Balaban J connectivity index is 1.45. The molecule has 42 heavy (non-hydrogen) atoms. The van der Waals surface area contributed by atoms with Gasteiger partial charge in [0.05, 0.1) is 45.0 Å². The van der Waals surface area contributed by atoms with Gasteiger partial charge in [-0.25, -0.2) is 0 Å². The summed E-state index contributed by atoms with van der Waals surface area (Å²) in [7, 11) is 0. The van der Waals surface area contributed by atoms with Crippen LogP contribution >= 0.6 is 0 Å². The largest absolute Gasteiger partial charge is 0.309 e. The minimum absolute atomic E-state index is 0.468. The van der Waals surface area contributed by atoms with E-state index in [1.807, 2.05) is 24.3 Å². The molecule has 2 heterocycles. The van der Waals surface area contributed by atoms with Crippen LogP contribution in [0.25, 0.3) is 66.1 Å². The van der Waals surface area contributed by atoms with Gasteiger partial charge in [0.2, 0.25) is 0 Å². The number of fused-ring (bicyclic) bond motifs is 6. The van der Waals surface area contributed by atoms with Gasteiger partial charge >= 0.3 is 0 Å². The molecule has 0 unspecified atom stereocenters. The molecule has 0 atom stereocenters. The average Bonchev–Trinajstić information content (AvgIpc) is 3.57. The van der Waals surface area contributed by atoms with E-state index in [2.05, 4.69) is 118 Å². The van der Waals surface area contributed by atoms with Crippen LogP contribution in [0.5, 0.6) is 0 Å². The van der Waals surface area contributed by atoms with Crippen molar-refractivity contribution >= 4 is 43.6 Å². The molecular formula is C38H22N4. The number of para-hydroxylation sites is 3. The Kier molecular flexibility index (Phi) is 5.22. The van der Waals surface area contributed by atoms with E-state index in [0.29, 0.717) is 11.1 Å². The zero-order chi connectivity index (χ0) is 28.2. The van der Waals surface area contributed by atoms with Crippen molar-refractivity contribution < 1.29 is 0 Å². The van der Waals surface area contributed by atoms with Crippen LogP contribution in [-0.4, -0.2) is 9.13 Å². The lowest BCUT2D eigenvalue weighted by Crippen LogP contribution is -1.98. The van der Waals surface area contributed by atoms with Gasteiger partial charge in [0.25, 0.3) is 0 Å². The second kappa shape index (κ2) is 9.24. The summed E-state index contributed by atoms with van der Waals surface area (Å²) in [6, 6.07) is 50.3. The van der Waals surface area contributed by atoms with Crippen LogP contribution in [0.2, 0.25) is 0 Å². The predicted molar refractivity (Wildman–Crippen MR) is 170 cm³/mol. The van der Waals surface area contributed by atoms with Crippen molar-refractivity contribution in [3.05, 3.63) is 145 Å². The molecule has 0 aliphatic heterocycles. The fraction of sp³-hybridized carbons (Fsp3) is 0. The van der Waals surface area contributed by atoms with E-state index in [0.717, 1.165) is 55.3 Å². The summed E-state index contributed by atoms with van der Waals surface area (Å²) in [5.74, 6) is 0. The smallest absolute Gasteiger partial charge is 0.101 e. The summed E-state index contributed by atoms with van der Waals surface area (Å²) >= 11 is 0. The summed E-state index contributed by atoms with van der Waals surface area (Å²) in [6.07, 6.45) is 0. The number of aromatic nitrogens is 2. The van der Waals surface area contributed by atoms with Crippen LogP contribution in [0, 0.1) is 22.7 Å². The maximum atomic E-state index is 10.1. The van der Waals surface area contributed by atoms with Gasteiger partial charge in [0.15, 0.2) is 0 Å². The summed E-state index contributed by atoms with van der Waals surface area (Å²) < 4.78 is 4.49. The van der Waals surface area contributed by atoms with Gasteiger partial charge in [-0.2, -0.15) is 10.5 Å². The molecule has 0 saturated heterocycles. The van der Waals surface area contributed by atoms with Gasteiger partial charge in [-0.15, -0.1) is 0 Å². The first kappa shape index (κ1) is 23.8. The van der Waals surface area contributed by atoms with Gasteiger partial charge in [-0.3, -0.25) is 0 Å². The lowest BCUT2D eigenvalue weighted by Gasteiger charge is -2.12. The Morgan fingerprint density at radius 3 is 1.95 bits per heavy atom. The highest BCUT2D eigenvalue weighted by molar-refractivity contribution is 6.17. The van der Waals surface area contributed by atoms with Crippen molar-refractivity contribution in [1.82, 2.24) is 9.13 Å². The molecular weight excluding hydrogens is 512 g/mol. The molecule has 8 aromatic rings. The summed E-state index contributed by atoms with van der Waals surface area (Å²) in [5, 5.41) is 24.1. The number of nitriles is 2. The van der Waals surface area contributed by atoms with Gasteiger partial charge in [0, 0.05) is 27.2 Å². The molecule has 0 bridgehead atoms. The third kappa shape index (κ3) is 3.40. The average molecular weight is 535 g/mol. The fourth-order valence-corrected chi connectivity index (χ4v) is 6.40. The molecule has 0 N–H and O–H groups in total. The Morgan fingerprint density at radius 2 is 1.17 bits per heavy atom. The van der Waals surface area contributed by atoms with Crippen LogP contribution in [0.3, 0.4) is 0 Å². The van der Waals surface area contributed by atoms with Crippen molar-refractivity contribution in [2.75, 3.05) is 0 Å². The number of hydrogen-bond donors (Lipinski definition) is 0. The Labute approximate surface area is 242 Å².